The molecule has 0 fully saturated rings. The van der Waals surface area contributed by atoms with Crippen molar-refractivity contribution in [3.8, 4) is 0 Å². The van der Waals surface area contributed by atoms with Gasteiger partial charge in [-0.25, -0.2) is 0 Å². The average molecular weight is 266 g/mol. The molecule has 0 aromatic heterocycles. The summed E-state index contributed by atoms with van der Waals surface area (Å²) in [6.45, 7) is 4.95. The molecule has 0 saturated carbocycles. The van der Waals surface area contributed by atoms with Crippen LogP contribution in [0.5, 0.6) is 0 Å². The van der Waals surface area contributed by atoms with E-state index in [1.54, 1.807) is 4.90 Å². The number of aliphatic hydroxyl groups is 1. The van der Waals surface area contributed by atoms with Crippen LogP contribution in [-0.2, 0) is 4.79 Å². The summed E-state index contributed by atoms with van der Waals surface area (Å²) in [6, 6.07) is 5.58. The van der Waals surface area contributed by atoms with E-state index in [9.17, 15) is 20.0 Å². The van der Waals surface area contributed by atoms with Crippen LogP contribution in [0.3, 0.4) is 0 Å². The second-order valence-corrected chi connectivity index (χ2v) is 4.13. The molecule has 1 N–H and O–H groups in total. The van der Waals surface area contributed by atoms with E-state index in [1.807, 2.05) is 13.8 Å². The quantitative estimate of drug-likeness (QED) is 0.629. The van der Waals surface area contributed by atoms with Gasteiger partial charge in [0.15, 0.2) is 0 Å². The standard InChI is InChI=1S/C13H18N2O4/c1-3-14(4-2)13(17)9-12(16)10-5-7-11(8-6-10)15(18)19/h5-8,12,16H,3-4,9H2,1-2H3. The number of hydrogen-bond acceptors (Lipinski definition) is 4. The van der Waals surface area contributed by atoms with E-state index in [0.29, 0.717) is 18.7 Å². The summed E-state index contributed by atoms with van der Waals surface area (Å²) in [7, 11) is 0. The minimum atomic E-state index is -0.936. The van der Waals surface area contributed by atoms with Crippen molar-refractivity contribution < 1.29 is 14.8 Å². The lowest BCUT2D eigenvalue weighted by Crippen LogP contribution is -2.31. The highest BCUT2D eigenvalue weighted by Gasteiger charge is 2.17. The maximum atomic E-state index is 11.8. The Hall–Kier alpha value is -1.95. The summed E-state index contributed by atoms with van der Waals surface area (Å²) in [5.41, 5.74) is 0.470. The van der Waals surface area contributed by atoms with Crippen molar-refractivity contribution in [3.05, 3.63) is 39.9 Å². The fourth-order valence-electron chi connectivity index (χ4n) is 1.81. The molecule has 0 radical (unpaired) electrons. The van der Waals surface area contributed by atoms with Gasteiger partial charge in [0, 0.05) is 25.2 Å². The van der Waals surface area contributed by atoms with E-state index in [4.69, 9.17) is 0 Å². The Labute approximate surface area is 111 Å². The van der Waals surface area contributed by atoms with Crippen LogP contribution < -0.4 is 0 Å². The first-order valence-electron chi connectivity index (χ1n) is 6.19. The number of nitro groups is 1. The van der Waals surface area contributed by atoms with Crippen molar-refractivity contribution >= 4 is 11.6 Å². The minimum absolute atomic E-state index is 0.0144. The summed E-state index contributed by atoms with van der Waals surface area (Å²) in [6.07, 6.45) is -0.951. The third-order valence-corrected chi connectivity index (χ3v) is 2.97. The first-order valence-corrected chi connectivity index (χ1v) is 6.19. The Morgan fingerprint density at radius 3 is 2.26 bits per heavy atom. The van der Waals surface area contributed by atoms with E-state index in [-0.39, 0.29) is 18.0 Å². The van der Waals surface area contributed by atoms with Gasteiger partial charge in [-0.2, -0.15) is 0 Å². The number of hydrogen-bond donors (Lipinski definition) is 1. The summed E-state index contributed by atoms with van der Waals surface area (Å²) < 4.78 is 0. The number of carbonyl (C=O) groups is 1. The lowest BCUT2D eigenvalue weighted by Gasteiger charge is -2.20. The molecule has 1 unspecified atom stereocenters. The van der Waals surface area contributed by atoms with Crippen LogP contribution in [0.15, 0.2) is 24.3 Å². The predicted octanol–water partition coefficient (Wildman–Crippen LogP) is 1.89. The second kappa shape index (κ2) is 6.84. The molecule has 19 heavy (non-hydrogen) atoms. The van der Waals surface area contributed by atoms with E-state index in [2.05, 4.69) is 0 Å². The molecule has 1 aromatic rings. The highest BCUT2D eigenvalue weighted by molar-refractivity contribution is 5.76. The first kappa shape index (κ1) is 15.1. The topological polar surface area (TPSA) is 83.7 Å². The smallest absolute Gasteiger partial charge is 0.269 e. The molecule has 0 aliphatic carbocycles. The highest BCUT2D eigenvalue weighted by atomic mass is 16.6. The van der Waals surface area contributed by atoms with Crippen molar-refractivity contribution in [2.45, 2.75) is 26.4 Å². The van der Waals surface area contributed by atoms with Gasteiger partial charge in [0.2, 0.25) is 5.91 Å². The number of carbonyl (C=O) groups excluding carboxylic acids is 1. The Balaban J connectivity index is 2.70. The molecule has 1 atom stereocenters. The number of nitrogens with zero attached hydrogens (tertiary/aromatic N) is 2. The largest absolute Gasteiger partial charge is 0.388 e. The summed E-state index contributed by atoms with van der Waals surface area (Å²) in [4.78, 5) is 23.5. The van der Waals surface area contributed by atoms with E-state index in [0.717, 1.165) is 0 Å². The average Bonchev–Trinajstić information content (AvgIpc) is 2.40. The van der Waals surface area contributed by atoms with Crippen molar-refractivity contribution in [1.82, 2.24) is 4.90 Å². The van der Waals surface area contributed by atoms with Crippen LogP contribution >= 0.6 is 0 Å². The molecule has 1 rings (SSSR count). The lowest BCUT2D eigenvalue weighted by atomic mass is 10.1. The summed E-state index contributed by atoms with van der Waals surface area (Å²) >= 11 is 0. The van der Waals surface area contributed by atoms with Gasteiger partial charge in [-0.3, -0.25) is 14.9 Å². The van der Waals surface area contributed by atoms with Crippen LogP contribution in [0.4, 0.5) is 5.69 Å². The highest BCUT2D eigenvalue weighted by Crippen LogP contribution is 2.20. The van der Waals surface area contributed by atoms with Crippen LogP contribution in [0.25, 0.3) is 0 Å². The summed E-state index contributed by atoms with van der Waals surface area (Å²) in [5, 5.41) is 20.5. The van der Waals surface area contributed by atoms with Gasteiger partial charge >= 0.3 is 0 Å². The zero-order valence-electron chi connectivity index (χ0n) is 11.1. The molecule has 0 aliphatic heterocycles. The first-order chi connectivity index (χ1) is 8.99. The number of benzene rings is 1. The van der Waals surface area contributed by atoms with Crippen molar-refractivity contribution in [3.63, 3.8) is 0 Å². The number of non-ortho nitro benzene ring substituents is 1. The van der Waals surface area contributed by atoms with E-state index < -0.39 is 11.0 Å². The van der Waals surface area contributed by atoms with Crippen LogP contribution in [0.1, 0.15) is 31.9 Å². The number of rotatable bonds is 6. The van der Waals surface area contributed by atoms with Crippen molar-refractivity contribution in [2.24, 2.45) is 0 Å². The monoisotopic (exact) mass is 266 g/mol. The molecule has 0 saturated heterocycles. The van der Waals surface area contributed by atoms with E-state index >= 15 is 0 Å². The number of aliphatic hydroxyl groups excluding tert-OH is 1. The van der Waals surface area contributed by atoms with Crippen molar-refractivity contribution in [1.29, 1.82) is 0 Å². The van der Waals surface area contributed by atoms with E-state index in [1.165, 1.54) is 24.3 Å². The van der Waals surface area contributed by atoms with Gasteiger partial charge in [-0.15, -0.1) is 0 Å². The molecular weight excluding hydrogens is 248 g/mol. The molecule has 0 spiro atoms. The molecule has 1 aromatic carbocycles. The Kier molecular flexibility index (Phi) is 5.44. The van der Waals surface area contributed by atoms with Crippen LogP contribution in [0, 0.1) is 10.1 Å². The van der Waals surface area contributed by atoms with Gasteiger partial charge in [0.1, 0.15) is 0 Å². The third-order valence-electron chi connectivity index (χ3n) is 2.97. The number of amides is 1. The van der Waals surface area contributed by atoms with Gasteiger partial charge in [-0.1, -0.05) is 0 Å². The Morgan fingerprint density at radius 2 is 1.84 bits per heavy atom. The predicted molar refractivity (Wildman–Crippen MR) is 70.6 cm³/mol. The second-order valence-electron chi connectivity index (χ2n) is 4.13. The zero-order valence-corrected chi connectivity index (χ0v) is 11.1. The van der Waals surface area contributed by atoms with Crippen LogP contribution in [0.2, 0.25) is 0 Å². The maximum Gasteiger partial charge on any atom is 0.269 e. The molecular formula is C13H18N2O4. The lowest BCUT2D eigenvalue weighted by molar-refractivity contribution is -0.384. The van der Waals surface area contributed by atoms with Gasteiger partial charge < -0.3 is 10.0 Å². The Bertz CT molecular complexity index is 440. The molecule has 0 heterocycles. The van der Waals surface area contributed by atoms with Crippen LogP contribution in [-0.4, -0.2) is 33.9 Å². The van der Waals surface area contributed by atoms with Gasteiger partial charge in [-0.05, 0) is 31.5 Å². The molecule has 104 valence electrons. The van der Waals surface area contributed by atoms with Gasteiger partial charge in [0.25, 0.3) is 5.69 Å². The minimum Gasteiger partial charge on any atom is -0.388 e. The molecule has 6 heteroatoms. The third kappa shape index (κ3) is 4.03. The molecule has 0 aliphatic rings. The Morgan fingerprint density at radius 1 is 1.32 bits per heavy atom. The molecule has 0 bridgehead atoms. The summed E-state index contributed by atoms with van der Waals surface area (Å²) in [5.74, 6) is -0.129. The normalized spacial score (nSPS) is 11.9. The fraction of sp³-hybridized carbons (Fsp3) is 0.462. The zero-order chi connectivity index (χ0) is 14.4. The van der Waals surface area contributed by atoms with Gasteiger partial charge in [0.05, 0.1) is 17.4 Å². The molecule has 1 amide bonds. The van der Waals surface area contributed by atoms with Crippen molar-refractivity contribution in [2.75, 3.05) is 13.1 Å². The fourth-order valence-corrected chi connectivity index (χ4v) is 1.81. The maximum absolute atomic E-state index is 11.8. The SMILES string of the molecule is CCN(CC)C(=O)CC(O)c1ccc([N+](=O)[O-])cc1. The number of nitro benzene ring substituents is 1. The molecule has 6 nitrogen and oxygen atoms in total.